The van der Waals surface area contributed by atoms with Gasteiger partial charge in [-0.25, -0.2) is 0 Å². The Morgan fingerprint density at radius 2 is 2.00 bits per heavy atom. The zero-order valence-corrected chi connectivity index (χ0v) is 19.0. The van der Waals surface area contributed by atoms with E-state index in [1.54, 1.807) is 13.2 Å². The summed E-state index contributed by atoms with van der Waals surface area (Å²) in [5, 5.41) is 24.4. The van der Waals surface area contributed by atoms with E-state index in [2.05, 4.69) is 36.6 Å². The maximum Gasteiger partial charge on any atom is 0.273 e. The highest BCUT2D eigenvalue weighted by Crippen LogP contribution is 2.38. The number of ether oxygens (including phenoxy) is 1. The number of carbonyl (C=O) groups is 2. The highest BCUT2D eigenvalue weighted by molar-refractivity contribution is 6.00. The normalized spacial score (nSPS) is 15.4. The van der Waals surface area contributed by atoms with Crippen LogP contribution in [0.1, 0.15) is 29.4 Å². The van der Waals surface area contributed by atoms with Crippen molar-refractivity contribution < 1.29 is 14.3 Å². The summed E-state index contributed by atoms with van der Waals surface area (Å²) in [6.07, 6.45) is 5.56. The smallest absolute Gasteiger partial charge is 0.273 e. The van der Waals surface area contributed by atoms with Crippen molar-refractivity contribution in [1.82, 2.24) is 30.6 Å². The summed E-state index contributed by atoms with van der Waals surface area (Å²) in [6, 6.07) is 7.65. The third-order valence-corrected chi connectivity index (χ3v) is 5.97. The van der Waals surface area contributed by atoms with E-state index < -0.39 is 5.91 Å². The molecule has 1 saturated carbocycles. The molecule has 0 atom stereocenters. The molecule has 3 aromatic rings. The number of hydrogen-bond acceptors (Lipinski definition) is 8. The zero-order chi connectivity index (χ0) is 23.7. The van der Waals surface area contributed by atoms with Gasteiger partial charge in [0, 0.05) is 49.4 Å². The molecule has 176 valence electrons. The first-order valence-electron chi connectivity index (χ1n) is 11.2. The lowest BCUT2D eigenvalue weighted by Crippen LogP contribution is -2.43. The average molecular weight is 463 g/mol. The van der Waals surface area contributed by atoms with Crippen LogP contribution >= 0.6 is 0 Å². The summed E-state index contributed by atoms with van der Waals surface area (Å²) in [5.41, 5.74) is 2.91. The Labute approximate surface area is 196 Å². The summed E-state index contributed by atoms with van der Waals surface area (Å²) in [4.78, 5) is 24.6. The Balaban J connectivity index is 1.47. The van der Waals surface area contributed by atoms with Crippen LogP contribution in [0.15, 0.2) is 36.7 Å². The molecule has 0 unspecified atom stereocenters. The van der Waals surface area contributed by atoms with Gasteiger partial charge in [-0.2, -0.15) is 5.10 Å². The third-order valence-electron chi connectivity index (χ3n) is 5.97. The van der Waals surface area contributed by atoms with E-state index in [9.17, 15) is 9.59 Å². The predicted molar refractivity (Wildman–Crippen MR) is 126 cm³/mol. The minimum Gasteiger partial charge on any atom is -0.494 e. The molecular formula is C23H26N8O3. The van der Waals surface area contributed by atoms with Gasteiger partial charge in [-0.15, -0.1) is 10.2 Å². The second kappa shape index (κ2) is 9.10. The lowest BCUT2D eigenvalue weighted by Gasteiger charge is -2.27. The first-order chi connectivity index (χ1) is 16.6. The quantitative estimate of drug-likeness (QED) is 0.399. The van der Waals surface area contributed by atoms with Gasteiger partial charge >= 0.3 is 0 Å². The Kier molecular flexibility index (Phi) is 5.84. The highest BCUT2D eigenvalue weighted by atomic mass is 16.5. The third kappa shape index (κ3) is 4.29. The fraction of sp³-hybridized carbons (Fsp3) is 0.348. The number of carbonyl (C=O) groups excluding carboxylic acids is 2. The molecule has 11 nitrogen and oxygen atoms in total. The van der Waals surface area contributed by atoms with E-state index in [1.807, 2.05) is 35.3 Å². The number of nitrogens with one attached hydrogen (secondary N) is 4. The van der Waals surface area contributed by atoms with Crippen LogP contribution in [-0.4, -0.2) is 59.0 Å². The topological polar surface area (TPSA) is 135 Å². The SMILES string of the molecule is CNC(=O)c1nnc(NC(=O)C2CC2)cc1Nc1cccc(-c2cnn(C3CNC3)c2)c1OC. The summed E-state index contributed by atoms with van der Waals surface area (Å²) in [5.74, 6) is 0.395. The van der Waals surface area contributed by atoms with E-state index in [-0.39, 0.29) is 23.3 Å². The van der Waals surface area contributed by atoms with E-state index in [1.165, 1.54) is 7.05 Å². The Hall–Kier alpha value is -3.99. The standard InChI is InChI=1S/C23H26N8O3/c1-24-23(33)20-18(8-19(29-30-20)28-22(32)13-6-7-13)27-17-5-3-4-16(21(17)34-2)14-9-26-31(12-14)15-10-25-11-15/h3-5,8-9,12-13,15,25H,6-7,10-11H2,1-2H3,(H,24,33)(H2,27,28,29,32). The predicted octanol–water partition coefficient (Wildman–Crippen LogP) is 1.94. The van der Waals surface area contributed by atoms with Gasteiger partial charge in [0.15, 0.2) is 11.5 Å². The van der Waals surface area contributed by atoms with Crippen LogP contribution < -0.4 is 26.0 Å². The van der Waals surface area contributed by atoms with Gasteiger partial charge in [0.25, 0.3) is 5.91 Å². The van der Waals surface area contributed by atoms with Gasteiger partial charge in [0.2, 0.25) is 5.91 Å². The van der Waals surface area contributed by atoms with Crippen molar-refractivity contribution in [3.05, 3.63) is 42.4 Å². The van der Waals surface area contributed by atoms with E-state index in [0.29, 0.717) is 23.2 Å². The van der Waals surface area contributed by atoms with Gasteiger partial charge in [-0.1, -0.05) is 12.1 Å². The maximum atomic E-state index is 12.4. The average Bonchev–Trinajstić information content (AvgIpc) is 3.56. The number of anilines is 3. The van der Waals surface area contributed by atoms with Crippen LogP contribution in [0.4, 0.5) is 17.2 Å². The molecule has 4 N–H and O–H groups in total. The van der Waals surface area contributed by atoms with Gasteiger partial charge in [0.05, 0.1) is 30.7 Å². The minimum atomic E-state index is -0.402. The molecule has 1 saturated heterocycles. The molecule has 2 aliphatic rings. The van der Waals surface area contributed by atoms with Crippen LogP contribution in [0.25, 0.3) is 11.1 Å². The minimum absolute atomic E-state index is 0.0187. The number of aromatic nitrogens is 4. The summed E-state index contributed by atoms with van der Waals surface area (Å²) in [7, 11) is 3.11. The largest absolute Gasteiger partial charge is 0.494 e. The van der Waals surface area contributed by atoms with Crippen LogP contribution in [0.2, 0.25) is 0 Å². The van der Waals surface area contributed by atoms with Crippen molar-refractivity contribution >= 4 is 29.0 Å². The van der Waals surface area contributed by atoms with Crippen LogP contribution in [0.5, 0.6) is 5.75 Å². The van der Waals surface area contributed by atoms with Gasteiger partial charge in [-0.05, 0) is 18.9 Å². The molecule has 2 amide bonds. The fourth-order valence-corrected chi connectivity index (χ4v) is 3.77. The number of methoxy groups -OCH3 is 1. The molecular weight excluding hydrogens is 436 g/mol. The number of nitrogens with zero attached hydrogens (tertiary/aromatic N) is 4. The second-order valence-corrected chi connectivity index (χ2v) is 8.37. The first-order valence-corrected chi connectivity index (χ1v) is 11.2. The second-order valence-electron chi connectivity index (χ2n) is 8.37. The molecule has 11 heteroatoms. The Morgan fingerprint density at radius 3 is 2.68 bits per heavy atom. The molecule has 0 radical (unpaired) electrons. The van der Waals surface area contributed by atoms with Gasteiger partial charge < -0.3 is 26.0 Å². The molecule has 2 fully saturated rings. The monoisotopic (exact) mass is 462 g/mol. The number of rotatable bonds is 8. The molecule has 5 rings (SSSR count). The molecule has 1 aromatic carbocycles. The molecule has 2 aromatic heterocycles. The van der Waals surface area contributed by atoms with Gasteiger partial charge in [-0.3, -0.25) is 14.3 Å². The van der Waals surface area contributed by atoms with Crippen molar-refractivity contribution in [3.63, 3.8) is 0 Å². The van der Waals surface area contributed by atoms with Crippen molar-refractivity contribution in [1.29, 1.82) is 0 Å². The molecule has 0 bridgehead atoms. The highest BCUT2D eigenvalue weighted by Gasteiger charge is 2.30. The Morgan fingerprint density at radius 1 is 1.18 bits per heavy atom. The number of para-hydroxylation sites is 1. The van der Waals surface area contributed by atoms with Gasteiger partial charge in [0.1, 0.15) is 5.75 Å². The number of hydrogen-bond donors (Lipinski definition) is 4. The zero-order valence-electron chi connectivity index (χ0n) is 19.0. The molecule has 34 heavy (non-hydrogen) atoms. The van der Waals surface area contributed by atoms with Crippen molar-refractivity contribution in [3.8, 4) is 16.9 Å². The van der Waals surface area contributed by atoms with E-state index >= 15 is 0 Å². The Bertz CT molecular complexity index is 1230. The van der Waals surface area contributed by atoms with Crippen LogP contribution in [0, 0.1) is 5.92 Å². The van der Waals surface area contributed by atoms with Crippen LogP contribution in [-0.2, 0) is 4.79 Å². The van der Waals surface area contributed by atoms with Crippen molar-refractivity contribution in [2.45, 2.75) is 18.9 Å². The molecule has 3 heterocycles. The molecule has 0 spiro atoms. The van der Waals surface area contributed by atoms with Crippen LogP contribution in [0.3, 0.4) is 0 Å². The molecule has 1 aliphatic carbocycles. The maximum absolute atomic E-state index is 12.4. The van der Waals surface area contributed by atoms with Crippen molar-refractivity contribution in [2.24, 2.45) is 5.92 Å². The van der Waals surface area contributed by atoms with Crippen molar-refractivity contribution in [2.75, 3.05) is 37.9 Å². The first kappa shape index (κ1) is 21.8. The summed E-state index contributed by atoms with van der Waals surface area (Å²) < 4.78 is 7.71. The summed E-state index contributed by atoms with van der Waals surface area (Å²) >= 11 is 0. The lowest BCUT2D eigenvalue weighted by atomic mass is 10.1. The van der Waals surface area contributed by atoms with E-state index in [4.69, 9.17) is 4.74 Å². The lowest BCUT2D eigenvalue weighted by molar-refractivity contribution is -0.117. The molecule has 1 aliphatic heterocycles. The van der Waals surface area contributed by atoms with E-state index in [0.717, 1.165) is 37.1 Å². The number of amides is 2. The fourth-order valence-electron chi connectivity index (χ4n) is 3.77. The number of benzene rings is 1. The summed E-state index contributed by atoms with van der Waals surface area (Å²) in [6.45, 7) is 1.80.